The molecule has 0 saturated heterocycles. The van der Waals surface area contributed by atoms with Crippen LogP contribution in [-0.4, -0.2) is 40.5 Å². The molecular weight excluding hydrogens is 465 g/mol. The van der Waals surface area contributed by atoms with Crippen molar-refractivity contribution in [3.63, 3.8) is 0 Å². The number of aromatic nitrogens is 2. The van der Waals surface area contributed by atoms with Gasteiger partial charge in [0.1, 0.15) is 5.60 Å². The van der Waals surface area contributed by atoms with E-state index in [1.165, 1.54) is 11.3 Å². The molecule has 154 valence electrons. The van der Waals surface area contributed by atoms with Crippen molar-refractivity contribution in [2.24, 2.45) is 4.99 Å². The summed E-state index contributed by atoms with van der Waals surface area (Å²) in [6.07, 6.45) is 2.60. The second-order valence-electron chi connectivity index (χ2n) is 7.31. The van der Waals surface area contributed by atoms with Crippen LogP contribution in [0.4, 0.5) is 0 Å². The number of aryl methyl sites for hydroxylation is 4. The van der Waals surface area contributed by atoms with E-state index in [0.29, 0.717) is 6.54 Å². The SMILES string of the molecule is CCNC(=NCC1(O)CCc2ccccc21)NCCCn1nc(C)cc1C.I. The van der Waals surface area contributed by atoms with Gasteiger partial charge < -0.3 is 15.7 Å². The van der Waals surface area contributed by atoms with Gasteiger partial charge in [-0.15, -0.1) is 24.0 Å². The molecule has 1 aromatic carbocycles. The van der Waals surface area contributed by atoms with Gasteiger partial charge in [0.2, 0.25) is 0 Å². The van der Waals surface area contributed by atoms with Gasteiger partial charge in [-0.3, -0.25) is 4.68 Å². The van der Waals surface area contributed by atoms with Gasteiger partial charge in [-0.2, -0.15) is 5.10 Å². The molecule has 0 bridgehead atoms. The molecule has 1 heterocycles. The molecule has 28 heavy (non-hydrogen) atoms. The molecule has 6 nitrogen and oxygen atoms in total. The lowest BCUT2D eigenvalue weighted by Gasteiger charge is -2.22. The third-order valence-corrected chi connectivity index (χ3v) is 5.11. The first-order chi connectivity index (χ1) is 13.0. The molecule has 3 rings (SSSR count). The molecule has 1 aliphatic carbocycles. The van der Waals surface area contributed by atoms with Crippen molar-refractivity contribution >= 4 is 29.9 Å². The lowest BCUT2D eigenvalue weighted by molar-refractivity contribution is 0.0485. The molecule has 0 aliphatic heterocycles. The topological polar surface area (TPSA) is 74.5 Å². The maximum atomic E-state index is 11.0. The first-order valence-electron chi connectivity index (χ1n) is 9.86. The lowest BCUT2D eigenvalue weighted by atomic mass is 9.96. The van der Waals surface area contributed by atoms with E-state index < -0.39 is 5.60 Å². The summed E-state index contributed by atoms with van der Waals surface area (Å²) in [6, 6.07) is 10.2. The van der Waals surface area contributed by atoms with Gasteiger partial charge in [-0.05, 0) is 57.2 Å². The number of fused-ring (bicyclic) bond motifs is 1. The van der Waals surface area contributed by atoms with Crippen molar-refractivity contribution in [2.45, 2.75) is 52.2 Å². The van der Waals surface area contributed by atoms with Gasteiger partial charge in [0.15, 0.2) is 5.96 Å². The number of hydrogen-bond donors (Lipinski definition) is 3. The van der Waals surface area contributed by atoms with E-state index in [0.717, 1.165) is 56.1 Å². The Kier molecular flexibility index (Phi) is 8.30. The third-order valence-electron chi connectivity index (χ3n) is 5.11. The molecule has 1 unspecified atom stereocenters. The fourth-order valence-electron chi connectivity index (χ4n) is 3.72. The Balaban J connectivity index is 0.00000280. The van der Waals surface area contributed by atoms with Crippen molar-refractivity contribution in [3.05, 3.63) is 52.8 Å². The summed E-state index contributed by atoms with van der Waals surface area (Å²) in [5.41, 5.74) is 3.64. The van der Waals surface area contributed by atoms with Gasteiger partial charge in [0, 0.05) is 25.3 Å². The van der Waals surface area contributed by atoms with Crippen LogP contribution in [0.25, 0.3) is 0 Å². The van der Waals surface area contributed by atoms with Crippen LogP contribution in [0.5, 0.6) is 0 Å². The molecule has 0 spiro atoms. The molecule has 1 aromatic heterocycles. The van der Waals surface area contributed by atoms with E-state index in [4.69, 9.17) is 0 Å². The quantitative estimate of drug-likeness (QED) is 0.238. The van der Waals surface area contributed by atoms with Crippen molar-refractivity contribution in [1.29, 1.82) is 0 Å². The monoisotopic (exact) mass is 497 g/mol. The minimum Gasteiger partial charge on any atom is -0.383 e. The Labute approximate surface area is 184 Å². The van der Waals surface area contributed by atoms with Crippen LogP contribution >= 0.6 is 24.0 Å². The number of aliphatic hydroxyl groups is 1. The maximum absolute atomic E-state index is 11.0. The van der Waals surface area contributed by atoms with Crippen LogP contribution in [0.1, 0.15) is 42.3 Å². The molecule has 1 aliphatic rings. The number of halogens is 1. The average Bonchev–Trinajstić information content (AvgIpc) is 3.16. The first-order valence-corrected chi connectivity index (χ1v) is 9.86. The number of nitrogens with one attached hydrogen (secondary N) is 2. The second kappa shape index (κ2) is 10.2. The van der Waals surface area contributed by atoms with E-state index in [1.807, 2.05) is 36.7 Å². The van der Waals surface area contributed by atoms with E-state index in [1.54, 1.807) is 0 Å². The predicted octanol–water partition coefficient (Wildman–Crippen LogP) is 2.90. The molecule has 7 heteroatoms. The van der Waals surface area contributed by atoms with Crippen molar-refractivity contribution in [2.75, 3.05) is 19.6 Å². The number of nitrogens with zero attached hydrogens (tertiary/aromatic N) is 3. The summed E-state index contributed by atoms with van der Waals surface area (Å²) in [5.74, 6) is 0.753. The third kappa shape index (κ3) is 5.47. The first kappa shape index (κ1) is 22.7. The van der Waals surface area contributed by atoms with E-state index in [-0.39, 0.29) is 24.0 Å². The van der Waals surface area contributed by atoms with Crippen LogP contribution in [0.2, 0.25) is 0 Å². The van der Waals surface area contributed by atoms with Gasteiger partial charge in [0.25, 0.3) is 0 Å². The minimum atomic E-state index is -0.858. The molecule has 1 atom stereocenters. The summed E-state index contributed by atoms with van der Waals surface area (Å²) >= 11 is 0. The highest BCUT2D eigenvalue weighted by atomic mass is 127. The molecule has 3 N–H and O–H groups in total. The molecule has 0 amide bonds. The normalized spacial score (nSPS) is 18.5. The van der Waals surface area contributed by atoms with Crippen molar-refractivity contribution in [3.8, 4) is 0 Å². The summed E-state index contributed by atoms with van der Waals surface area (Å²) in [6.45, 7) is 8.99. The molecule has 0 fully saturated rings. The lowest BCUT2D eigenvalue weighted by Crippen LogP contribution is -2.39. The average molecular weight is 497 g/mol. The van der Waals surface area contributed by atoms with Crippen LogP contribution in [0, 0.1) is 13.8 Å². The van der Waals surface area contributed by atoms with Gasteiger partial charge in [-0.25, -0.2) is 4.99 Å². The summed E-state index contributed by atoms with van der Waals surface area (Å²) in [5, 5.41) is 22.2. The smallest absolute Gasteiger partial charge is 0.191 e. The highest BCUT2D eigenvalue weighted by Crippen LogP contribution is 2.36. The number of benzene rings is 1. The van der Waals surface area contributed by atoms with Gasteiger partial charge >= 0.3 is 0 Å². The number of hydrogen-bond acceptors (Lipinski definition) is 3. The number of guanidine groups is 1. The van der Waals surface area contributed by atoms with E-state index in [9.17, 15) is 5.11 Å². The van der Waals surface area contributed by atoms with Crippen molar-refractivity contribution < 1.29 is 5.11 Å². The van der Waals surface area contributed by atoms with Crippen LogP contribution < -0.4 is 10.6 Å². The fraction of sp³-hybridized carbons (Fsp3) is 0.524. The van der Waals surface area contributed by atoms with Crippen molar-refractivity contribution in [1.82, 2.24) is 20.4 Å². The minimum absolute atomic E-state index is 0. The fourth-order valence-corrected chi connectivity index (χ4v) is 3.72. The zero-order valence-electron chi connectivity index (χ0n) is 17.0. The van der Waals surface area contributed by atoms with Crippen LogP contribution in [0.15, 0.2) is 35.3 Å². The zero-order valence-corrected chi connectivity index (χ0v) is 19.4. The van der Waals surface area contributed by atoms with Gasteiger partial charge in [-0.1, -0.05) is 24.3 Å². The van der Waals surface area contributed by atoms with Crippen LogP contribution in [0.3, 0.4) is 0 Å². The summed E-state index contributed by atoms with van der Waals surface area (Å²) < 4.78 is 2.04. The highest BCUT2D eigenvalue weighted by molar-refractivity contribution is 14.0. The maximum Gasteiger partial charge on any atom is 0.191 e. The summed E-state index contributed by atoms with van der Waals surface area (Å²) in [4.78, 5) is 4.65. The molecular formula is C21H32IN5O. The second-order valence-corrected chi connectivity index (χ2v) is 7.31. The van der Waals surface area contributed by atoms with E-state index >= 15 is 0 Å². The standard InChI is InChI=1S/C21H31N5O.HI/c1-4-22-20(23-12-7-13-26-17(3)14-16(2)25-26)24-15-21(27)11-10-18-8-5-6-9-19(18)21;/h5-6,8-9,14,27H,4,7,10-13,15H2,1-3H3,(H2,22,23,24);1H. The number of aliphatic imine (C=N–C) groups is 1. The molecule has 0 saturated carbocycles. The predicted molar refractivity (Wildman–Crippen MR) is 124 cm³/mol. The highest BCUT2D eigenvalue weighted by Gasteiger charge is 2.36. The Morgan fingerprint density at radius 1 is 1.29 bits per heavy atom. The Hall–Kier alpha value is -1.61. The zero-order chi connectivity index (χ0) is 19.3. The Morgan fingerprint density at radius 2 is 2.07 bits per heavy atom. The molecule has 0 radical (unpaired) electrons. The van der Waals surface area contributed by atoms with E-state index in [2.05, 4.69) is 39.8 Å². The van der Waals surface area contributed by atoms with Crippen LogP contribution in [-0.2, 0) is 18.6 Å². The summed E-state index contributed by atoms with van der Waals surface area (Å²) in [7, 11) is 0. The largest absolute Gasteiger partial charge is 0.383 e. The molecule has 2 aromatic rings. The van der Waals surface area contributed by atoms with Gasteiger partial charge in [0.05, 0.1) is 12.2 Å². The Bertz CT molecular complexity index is 804. The number of rotatable bonds is 7. The Morgan fingerprint density at radius 3 is 2.79 bits per heavy atom.